The summed E-state index contributed by atoms with van der Waals surface area (Å²) in [7, 11) is 2.10. The summed E-state index contributed by atoms with van der Waals surface area (Å²) in [5.41, 5.74) is 0.430. The number of hydrogen-bond acceptors (Lipinski definition) is 5. The minimum Gasteiger partial charge on any atom is -0.338 e. The first-order valence-electron chi connectivity index (χ1n) is 4.96. The highest BCUT2D eigenvalue weighted by atomic mass is 15.3. The molecule has 0 aliphatic carbocycles. The summed E-state index contributed by atoms with van der Waals surface area (Å²) in [6.07, 6.45) is 1.64. The summed E-state index contributed by atoms with van der Waals surface area (Å²) in [5, 5.41) is 8.74. The van der Waals surface area contributed by atoms with Gasteiger partial charge in [0.05, 0.1) is 0 Å². The highest BCUT2D eigenvalue weighted by molar-refractivity contribution is 5.34. The van der Waals surface area contributed by atoms with Crippen LogP contribution in [0.2, 0.25) is 0 Å². The third kappa shape index (κ3) is 2.22. The standard InChI is InChI=1S/C10H13N5/c1-14-4-6-15(7-5-14)10-12-3-2-9(8-11)13-10/h2-3H,4-7H2,1H3. The highest BCUT2D eigenvalue weighted by Gasteiger charge is 2.16. The van der Waals surface area contributed by atoms with Crippen LogP contribution in [0.15, 0.2) is 12.3 Å². The van der Waals surface area contributed by atoms with Crippen molar-refractivity contribution < 1.29 is 0 Å². The Hall–Kier alpha value is -1.67. The van der Waals surface area contributed by atoms with Crippen LogP contribution in [0.3, 0.4) is 0 Å². The second-order valence-corrected chi connectivity index (χ2v) is 3.64. The number of nitriles is 1. The first-order valence-corrected chi connectivity index (χ1v) is 4.96. The molecule has 0 spiro atoms. The van der Waals surface area contributed by atoms with E-state index in [1.807, 2.05) is 6.07 Å². The third-order valence-electron chi connectivity index (χ3n) is 2.54. The fourth-order valence-corrected chi connectivity index (χ4v) is 1.57. The monoisotopic (exact) mass is 203 g/mol. The van der Waals surface area contributed by atoms with Gasteiger partial charge in [0.25, 0.3) is 0 Å². The van der Waals surface area contributed by atoms with Crippen LogP contribution in [0.5, 0.6) is 0 Å². The van der Waals surface area contributed by atoms with Gasteiger partial charge < -0.3 is 9.80 Å². The van der Waals surface area contributed by atoms with E-state index in [1.165, 1.54) is 0 Å². The molecule has 0 bridgehead atoms. The zero-order valence-corrected chi connectivity index (χ0v) is 8.72. The van der Waals surface area contributed by atoms with Gasteiger partial charge in [0, 0.05) is 32.4 Å². The minimum absolute atomic E-state index is 0.430. The molecule has 0 radical (unpaired) electrons. The number of aromatic nitrogens is 2. The van der Waals surface area contributed by atoms with Gasteiger partial charge in [-0.25, -0.2) is 9.97 Å². The molecule has 1 aromatic rings. The average Bonchev–Trinajstić information content (AvgIpc) is 2.30. The Balaban J connectivity index is 2.12. The lowest BCUT2D eigenvalue weighted by molar-refractivity contribution is 0.311. The lowest BCUT2D eigenvalue weighted by atomic mass is 10.3. The van der Waals surface area contributed by atoms with Gasteiger partial charge >= 0.3 is 0 Å². The average molecular weight is 203 g/mol. The Morgan fingerprint density at radius 2 is 2.07 bits per heavy atom. The summed E-state index contributed by atoms with van der Waals surface area (Å²) in [6, 6.07) is 3.65. The Morgan fingerprint density at radius 1 is 1.33 bits per heavy atom. The molecule has 5 nitrogen and oxygen atoms in total. The van der Waals surface area contributed by atoms with Crippen LogP contribution < -0.4 is 4.90 Å². The predicted octanol–water partition coefficient (Wildman–Crippen LogP) is 0.100. The molecule has 1 aliphatic rings. The fraction of sp³-hybridized carbons (Fsp3) is 0.500. The van der Waals surface area contributed by atoms with E-state index >= 15 is 0 Å². The van der Waals surface area contributed by atoms with Crippen molar-refractivity contribution in [2.75, 3.05) is 38.1 Å². The topological polar surface area (TPSA) is 56.0 Å². The quantitative estimate of drug-likeness (QED) is 0.648. The smallest absolute Gasteiger partial charge is 0.226 e. The number of rotatable bonds is 1. The van der Waals surface area contributed by atoms with E-state index < -0.39 is 0 Å². The summed E-state index contributed by atoms with van der Waals surface area (Å²) in [6.45, 7) is 3.87. The molecule has 5 heteroatoms. The van der Waals surface area contributed by atoms with Crippen LogP contribution in [0.1, 0.15) is 5.69 Å². The third-order valence-corrected chi connectivity index (χ3v) is 2.54. The van der Waals surface area contributed by atoms with Crippen molar-refractivity contribution in [3.63, 3.8) is 0 Å². The maximum atomic E-state index is 8.74. The van der Waals surface area contributed by atoms with Gasteiger partial charge in [-0.2, -0.15) is 5.26 Å². The van der Waals surface area contributed by atoms with Crippen molar-refractivity contribution in [3.05, 3.63) is 18.0 Å². The molecule has 0 aromatic carbocycles. The van der Waals surface area contributed by atoms with Gasteiger partial charge in [0.2, 0.25) is 5.95 Å². The first kappa shape index (κ1) is 9.87. The molecule has 78 valence electrons. The summed E-state index contributed by atoms with van der Waals surface area (Å²) in [5.74, 6) is 0.669. The van der Waals surface area contributed by atoms with Crippen LogP contribution in [-0.4, -0.2) is 48.1 Å². The van der Waals surface area contributed by atoms with Gasteiger partial charge in [-0.15, -0.1) is 0 Å². The maximum absolute atomic E-state index is 8.74. The Labute approximate surface area is 89.0 Å². The van der Waals surface area contributed by atoms with E-state index in [2.05, 4.69) is 26.8 Å². The van der Waals surface area contributed by atoms with Crippen LogP contribution in [-0.2, 0) is 0 Å². The lowest BCUT2D eigenvalue weighted by Crippen LogP contribution is -2.45. The summed E-state index contributed by atoms with van der Waals surface area (Å²) < 4.78 is 0. The summed E-state index contributed by atoms with van der Waals surface area (Å²) in [4.78, 5) is 12.7. The SMILES string of the molecule is CN1CCN(c2nccc(C#N)n2)CC1. The van der Waals surface area contributed by atoms with Crippen molar-refractivity contribution >= 4 is 5.95 Å². The van der Waals surface area contributed by atoms with Crippen molar-refractivity contribution in [1.29, 1.82) is 5.26 Å². The lowest BCUT2D eigenvalue weighted by Gasteiger charge is -2.32. The molecular weight excluding hydrogens is 190 g/mol. The van der Waals surface area contributed by atoms with Crippen molar-refractivity contribution in [2.24, 2.45) is 0 Å². The zero-order valence-electron chi connectivity index (χ0n) is 8.72. The van der Waals surface area contributed by atoms with Crippen molar-refractivity contribution in [1.82, 2.24) is 14.9 Å². The second kappa shape index (κ2) is 4.24. The molecule has 0 N–H and O–H groups in total. The van der Waals surface area contributed by atoms with E-state index in [0.717, 1.165) is 26.2 Å². The van der Waals surface area contributed by atoms with Gasteiger partial charge in [-0.3, -0.25) is 0 Å². The van der Waals surface area contributed by atoms with Crippen LogP contribution in [0, 0.1) is 11.3 Å². The molecule has 1 fully saturated rings. The summed E-state index contributed by atoms with van der Waals surface area (Å²) >= 11 is 0. The van der Waals surface area contributed by atoms with Crippen LogP contribution >= 0.6 is 0 Å². The molecule has 0 unspecified atom stereocenters. The molecular formula is C10H13N5. The number of anilines is 1. The fourth-order valence-electron chi connectivity index (χ4n) is 1.57. The Kier molecular flexibility index (Phi) is 2.79. The molecule has 2 heterocycles. The maximum Gasteiger partial charge on any atom is 0.226 e. The normalized spacial score (nSPS) is 17.5. The van der Waals surface area contributed by atoms with E-state index in [9.17, 15) is 0 Å². The molecule has 1 aliphatic heterocycles. The van der Waals surface area contributed by atoms with Gasteiger partial charge in [-0.05, 0) is 13.1 Å². The van der Waals surface area contributed by atoms with Crippen molar-refractivity contribution in [3.8, 4) is 6.07 Å². The molecule has 1 saturated heterocycles. The Morgan fingerprint density at radius 3 is 2.73 bits per heavy atom. The molecule has 1 aromatic heterocycles. The van der Waals surface area contributed by atoms with Gasteiger partial charge in [0.15, 0.2) is 0 Å². The molecule has 15 heavy (non-hydrogen) atoms. The number of likely N-dealkylation sites (N-methyl/N-ethyl adjacent to an activating group) is 1. The van der Waals surface area contributed by atoms with Gasteiger partial charge in [-0.1, -0.05) is 0 Å². The number of nitrogens with zero attached hydrogens (tertiary/aromatic N) is 5. The highest BCUT2D eigenvalue weighted by Crippen LogP contribution is 2.09. The number of piperazine rings is 1. The predicted molar refractivity (Wildman–Crippen MR) is 56.5 cm³/mol. The molecule has 0 amide bonds. The van der Waals surface area contributed by atoms with Crippen LogP contribution in [0.4, 0.5) is 5.95 Å². The molecule has 2 rings (SSSR count). The minimum atomic E-state index is 0.430. The molecule has 0 atom stereocenters. The molecule has 0 saturated carbocycles. The first-order chi connectivity index (χ1) is 7.29. The number of hydrogen-bond donors (Lipinski definition) is 0. The Bertz CT molecular complexity index is 376. The van der Waals surface area contributed by atoms with E-state index in [1.54, 1.807) is 12.3 Å². The largest absolute Gasteiger partial charge is 0.338 e. The van der Waals surface area contributed by atoms with Gasteiger partial charge in [0.1, 0.15) is 11.8 Å². The van der Waals surface area contributed by atoms with Crippen molar-refractivity contribution in [2.45, 2.75) is 0 Å². The van der Waals surface area contributed by atoms with E-state index in [-0.39, 0.29) is 0 Å². The van der Waals surface area contributed by atoms with E-state index in [0.29, 0.717) is 11.6 Å². The zero-order chi connectivity index (χ0) is 10.7. The van der Waals surface area contributed by atoms with Crippen LogP contribution in [0.25, 0.3) is 0 Å². The van der Waals surface area contributed by atoms with E-state index in [4.69, 9.17) is 5.26 Å². The second-order valence-electron chi connectivity index (χ2n) is 3.64.